The van der Waals surface area contributed by atoms with Crippen LogP contribution < -0.4 is 4.40 Å². The van der Waals surface area contributed by atoms with Gasteiger partial charge in [-0.15, -0.1) is 4.40 Å². The molecular weight excluding hydrogens is 282 g/mol. The molecule has 3 aromatic rings. The highest BCUT2D eigenvalue weighted by Gasteiger charge is 2.19. The number of phenols is 1. The zero-order valence-corrected chi connectivity index (χ0v) is 10.9. The molecule has 6 nitrogen and oxygen atoms in total. The van der Waals surface area contributed by atoms with Crippen molar-refractivity contribution in [1.29, 1.82) is 0 Å². The summed E-state index contributed by atoms with van der Waals surface area (Å²) in [5, 5.41) is 9.48. The highest BCUT2D eigenvalue weighted by molar-refractivity contribution is 7.86. The third kappa shape index (κ3) is 2.13. The Morgan fingerprint density at radius 3 is 2.65 bits per heavy atom. The lowest BCUT2D eigenvalue weighted by atomic mass is 10.2. The SMILES string of the molecule is O=S(=O)(O)c1cc(-c2c[n+]3ccccc3o2)ccc1O. The molecule has 0 aliphatic carbocycles. The van der Waals surface area contributed by atoms with Crippen LogP contribution in [0, 0.1) is 0 Å². The second kappa shape index (κ2) is 4.32. The maximum absolute atomic E-state index is 11.2. The van der Waals surface area contributed by atoms with Crippen LogP contribution in [-0.2, 0) is 10.1 Å². The van der Waals surface area contributed by atoms with Crippen molar-refractivity contribution in [2.24, 2.45) is 0 Å². The Kier molecular flexibility index (Phi) is 2.73. The van der Waals surface area contributed by atoms with Gasteiger partial charge in [-0.3, -0.25) is 4.55 Å². The molecular formula is C13H10NO5S+. The molecule has 2 N–H and O–H groups in total. The third-order valence-electron chi connectivity index (χ3n) is 2.84. The van der Waals surface area contributed by atoms with Gasteiger partial charge in [-0.25, -0.2) is 0 Å². The first-order valence-electron chi connectivity index (χ1n) is 5.66. The molecule has 7 heteroatoms. The molecule has 0 fully saturated rings. The van der Waals surface area contributed by atoms with Crippen molar-refractivity contribution in [1.82, 2.24) is 0 Å². The Morgan fingerprint density at radius 1 is 1.15 bits per heavy atom. The lowest BCUT2D eigenvalue weighted by molar-refractivity contribution is -0.513. The lowest BCUT2D eigenvalue weighted by Crippen LogP contribution is -2.15. The van der Waals surface area contributed by atoms with Gasteiger partial charge in [0.2, 0.25) is 12.0 Å². The number of phenolic OH excluding ortho intramolecular Hbond substituents is 1. The van der Waals surface area contributed by atoms with Crippen LogP contribution in [-0.4, -0.2) is 18.1 Å². The number of aromatic nitrogens is 1. The molecule has 20 heavy (non-hydrogen) atoms. The molecule has 0 aliphatic rings. The average Bonchev–Trinajstić information content (AvgIpc) is 2.81. The number of benzene rings is 1. The van der Waals surface area contributed by atoms with Gasteiger partial charge in [0, 0.05) is 11.6 Å². The van der Waals surface area contributed by atoms with Crippen molar-refractivity contribution < 1.29 is 26.9 Å². The zero-order chi connectivity index (χ0) is 14.3. The fourth-order valence-electron chi connectivity index (χ4n) is 1.91. The van der Waals surface area contributed by atoms with Crippen molar-refractivity contribution >= 4 is 15.8 Å². The largest absolute Gasteiger partial charge is 0.506 e. The summed E-state index contributed by atoms with van der Waals surface area (Å²) in [6.07, 6.45) is 3.46. The average molecular weight is 292 g/mol. The standard InChI is InChI=1S/C13H9NO5S/c15-10-5-4-9(7-12(10)20(16,17)18)11-8-14-6-2-1-3-13(14)19-11/h1-8H,(H-,15,16,17,18)/p+1. The van der Waals surface area contributed by atoms with Crippen LogP contribution in [0.5, 0.6) is 5.75 Å². The summed E-state index contributed by atoms with van der Waals surface area (Å²) in [7, 11) is -4.49. The van der Waals surface area contributed by atoms with Gasteiger partial charge < -0.3 is 9.52 Å². The summed E-state index contributed by atoms with van der Waals surface area (Å²) >= 11 is 0. The number of pyridine rings is 1. The smallest absolute Gasteiger partial charge is 0.379 e. The number of fused-ring (bicyclic) bond motifs is 1. The van der Waals surface area contributed by atoms with Gasteiger partial charge in [0.15, 0.2) is 6.20 Å². The molecule has 0 bridgehead atoms. The van der Waals surface area contributed by atoms with Crippen LogP contribution in [0.3, 0.4) is 0 Å². The molecule has 0 spiro atoms. The normalized spacial score (nSPS) is 11.8. The van der Waals surface area contributed by atoms with Crippen molar-refractivity contribution in [3.05, 3.63) is 48.8 Å². The summed E-state index contributed by atoms with van der Waals surface area (Å²) in [5.74, 6) is -0.0962. The number of nitrogens with zero attached hydrogens (tertiary/aromatic N) is 1. The van der Waals surface area contributed by atoms with Gasteiger partial charge in [-0.05, 0) is 24.3 Å². The van der Waals surface area contributed by atoms with E-state index in [2.05, 4.69) is 0 Å². The molecule has 102 valence electrons. The molecule has 0 aliphatic heterocycles. The van der Waals surface area contributed by atoms with Crippen molar-refractivity contribution in [3.8, 4) is 17.1 Å². The van der Waals surface area contributed by atoms with Crippen molar-refractivity contribution in [2.75, 3.05) is 0 Å². The van der Waals surface area contributed by atoms with Crippen LogP contribution in [0.2, 0.25) is 0 Å². The Labute approximate surface area is 114 Å². The fraction of sp³-hybridized carbons (Fsp3) is 0. The maximum atomic E-state index is 11.2. The van der Waals surface area contributed by atoms with E-state index in [9.17, 15) is 13.5 Å². The predicted octanol–water partition coefficient (Wildman–Crippen LogP) is 1.64. The van der Waals surface area contributed by atoms with Crippen LogP contribution in [0.4, 0.5) is 0 Å². The molecule has 2 heterocycles. The molecule has 3 rings (SSSR count). The predicted molar refractivity (Wildman–Crippen MR) is 68.8 cm³/mol. The summed E-state index contributed by atoms with van der Waals surface area (Å²) in [5.41, 5.74) is 1.02. The molecule has 1 aromatic carbocycles. The second-order valence-corrected chi connectivity index (χ2v) is 5.59. The minimum atomic E-state index is -4.49. The lowest BCUT2D eigenvalue weighted by Gasteiger charge is -2.02. The van der Waals surface area contributed by atoms with Gasteiger partial charge in [0.1, 0.15) is 10.6 Å². The Balaban J connectivity index is 2.19. The fourth-order valence-corrected chi connectivity index (χ4v) is 2.51. The van der Waals surface area contributed by atoms with Gasteiger partial charge in [-0.1, -0.05) is 0 Å². The summed E-state index contributed by atoms with van der Waals surface area (Å²) in [4.78, 5) is -0.555. The number of hydrogen-bond acceptors (Lipinski definition) is 4. The quantitative estimate of drug-likeness (QED) is 0.553. The van der Waals surface area contributed by atoms with Gasteiger partial charge in [0.25, 0.3) is 10.1 Å². The minimum Gasteiger partial charge on any atom is -0.506 e. The molecule has 0 atom stereocenters. The van der Waals surface area contributed by atoms with Crippen LogP contribution in [0.15, 0.2) is 58.1 Å². The summed E-state index contributed by atoms with van der Waals surface area (Å²) in [6, 6.07) is 9.24. The van der Waals surface area contributed by atoms with E-state index in [1.165, 1.54) is 12.1 Å². The van der Waals surface area contributed by atoms with Crippen LogP contribution >= 0.6 is 0 Å². The third-order valence-corrected chi connectivity index (χ3v) is 3.73. The van der Waals surface area contributed by atoms with Gasteiger partial charge >= 0.3 is 5.71 Å². The summed E-state index contributed by atoms with van der Waals surface area (Å²) < 4.78 is 38.7. The van der Waals surface area contributed by atoms with Gasteiger partial charge in [-0.2, -0.15) is 8.42 Å². The van der Waals surface area contributed by atoms with E-state index in [0.717, 1.165) is 6.07 Å². The van der Waals surface area contributed by atoms with Gasteiger partial charge in [0.05, 0.1) is 6.07 Å². The number of oxazole rings is 1. The van der Waals surface area contributed by atoms with Crippen molar-refractivity contribution in [3.63, 3.8) is 0 Å². The van der Waals surface area contributed by atoms with E-state index >= 15 is 0 Å². The van der Waals surface area contributed by atoms with Crippen molar-refractivity contribution in [2.45, 2.75) is 4.90 Å². The molecule has 2 aromatic heterocycles. The van der Waals surface area contributed by atoms with E-state index in [-0.39, 0.29) is 0 Å². The highest BCUT2D eigenvalue weighted by atomic mass is 32.2. The summed E-state index contributed by atoms with van der Waals surface area (Å²) in [6.45, 7) is 0. The van der Waals surface area contributed by atoms with E-state index in [0.29, 0.717) is 17.0 Å². The molecule has 0 saturated heterocycles. The zero-order valence-electron chi connectivity index (χ0n) is 10.1. The first-order valence-corrected chi connectivity index (χ1v) is 7.10. The topological polar surface area (TPSA) is 91.8 Å². The first-order chi connectivity index (χ1) is 9.45. The van der Waals surface area contributed by atoms with E-state index < -0.39 is 20.8 Å². The number of rotatable bonds is 2. The van der Waals surface area contributed by atoms with Crippen LogP contribution in [0.25, 0.3) is 17.0 Å². The minimum absolute atomic E-state index is 0.418. The first kappa shape index (κ1) is 12.6. The molecule has 0 saturated carbocycles. The monoisotopic (exact) mass is 292 g/mol. The maximum Gasteiger partial charge on any atom is 0.379 e. The van der Waals surface area contributed by atoms with E-state index in [1.54, 1.807) is 22.9 Å². The van der Waals surface area contributed by atoms with E-state index in [4.69, 9.17) is 8.97 Å². The van der Waals surface area contributed by atoms with Crippen LogP contribution in [0.1, 0.15) is 0 Å². The second-order valence-electron chi connectivity index (χ2n) is 4.20. The Bertz CT molecular complexity index is 865. The molecule has 0 unspecified atom stereocenters. The highest BCUT2D eigenvalue weighted by Crippen LogP contribution is 2.29. The Morgan fingerprint density at radius 2 is 1.95 bits per heavy atom. The van der Waals surface area contributed by atoms with E-state index in [1.807, 2.05) is 12.1 Å². The molecule has 0 radical (unpaired) electrons. The Hall–Kier alpha value is -2.38. The number of aromatic hydroxyl groups is 1. The number of hydrogen-bond donors (Lipinski definition) is 2. The molecule has 0 amide bonds.